The molecule has 0 aromatic carbocycles. The van der Waals surface area contributed by atoms with Gasteiger partial charge in [-0.15, -0.1) is 0 Å². The van der Waals surface area contributed by atoms with Crippen molar-refractivity contribution >= 4 is 0 Å². The molecular weight excluding hydrogens is 308 g/mol. The van der Waals surface area contributed by atoms with Gasteiger partial charge < -0.3 is 21.3 Å². The van der Waals surface area contributed by atoms with Crippen LogP contribution in [-0.4, -0.2) is 52.4 Å². The van der Waals surface area contributed by atoms with E-state index in [0.717, 1.165) is 39.3 Å². The summed E-state index contributed by atoms with van der Waals surface area (Å²) in [6.45, 7) is 13.9. The third kappa shape index (κ3) is 23.8. The maximum absolute atomic E-state index is 3.55. The van der Waals surface area contributed by atoms with E-state index in [1.54, 1.807) is 0 Å². The summed E-state index contributed by atoms with van der Waals surface area (Å²) in [7, 11) is 0. The van der Waals surface area contributed by atoms with E-state index >= 15 is 0 Å². The van der Waals surface area contributed by atoms with Gasteiger partial charge in [0, 0.05) is 0 Å². The van der Waals surface area contributed by atoms with Crippen LogP contribution in [0.4, 0.5) is 0 Å². The van der Waals surface area contributed by atoms with E-state index in [4.69, 9.17) is 0 Å². The third-order valence-electron chi connectivity index (χ3n) is 4.54. The number of nitrogens with one attached hydrogen (secondary N) is 4. The van der Waals surface area contributed by atoms with Gasteiger partial charge in [-0.1, -0.05) is 46.0 Å². The molecule has 0 amide bonds. The average Bonchev–Trinajstić information content (AvgIpc) is 2.63. The van der Waals surface area contributed by atoms with Gasteiger partial charge in [-0.05, 0) is 90.9 Å². The number of rotatable bonds is 22. The average molecular weight is 357 g/mol. The van der Waals surface area contributed by atoms with Crippen LogP contribution in [0.1, 0.15) is 84.5 Å². The standard InChI is InChI=1S/C21H48N4/c1-3-5-7-9-15-23-19-13-21-25-17-11-10-16-24-20-12-18-22-14-8-6-4-2/h22-25H,3-21H2,1-2H3. The minimum absolute atomic E-state index is 1.15. The summed E-state index contributed by atoms with van der Waals surface area (Å²) in [5.41, 5.74) is 0. The molecule has 0 rings (SSSR count). The van der Waals surface area contributed by atoms with E-state index in [0.29, 0.717) is 0 Å². The van der Waals surface area contributed by atoms with Crippen molar-refractivity contribution in [2.45, 2.75) is 84.5 Å². The van der Waals surface area contributed by atoms with E-state index in [9.17, 15) is 0 Å². The highest BCUT2D eigenvalue weighted by Gasteiger charge is 1.93. The van der Waals surface area contributed by atoms with Gasteiger partial charge in [0.1, 0.15) is 0 Å². The summed E-state index contributed by atoms with van der Waals surface area (Å²) in [4.78, 5) is 0. The Labute approximate surface area is 158 Å². The fourth-order valence-corrected chi connectivity index (χ4v) is 2.85. The molecule has 0 unspecified atom stereocenters. The largest absolute Gasteiger partial charge is 0.317 e. The molecule has 0 fully saturated rings. The summed E-state index contributed by atoms with van der Waals surface area (Å²) in [6, 6.07) is 0. The molecule has 0 aromatic heterocycles. The van der Waals surface area contributed by atoms with Crippen molar-refractivity contribution in [2.75, 3.05) is 52.4 Å². The Morgan fingerprint density at radius 2 is 0.600 bits per heavy atom. The van der Waals surface area contributed by atoms with E-state index in [-0.39, 0.29) is 0 Å². The van der Waals surface area contributed by atoms with Crippen molar-refractivity contribution in [1.82, 2.24) is 21.3 Å². The summed E-state index contributed by atoms with van der Waals surface area (Å²) in [6.07, 6.45) is 14.5. The lowest BCUT2D eigenvalue weighted by Crippen LogP contribution is -2.25. The Morgan fingerprint density at radius 3 is 1.00 bits per heavy atom. The highest BCUT2D eigenvalue weighted by Crippen LogP contribution is 1.96. The summed E-state index contributed by atoms with van der Waals surface area (Å²) in [5, 5.41) is 14.2. The minimum Gasteiger partial charge on any atom is -0.317 e. The Balaban J connectivity index is 2.94. The van der Waals surface area contributed by atoms with Crippen molar-refractivity contribution < 1.29 is 0 Å². The first-order chi connectivity index (χ1) is 12.4. The molecule has 0 aromatic rings. The molecule has 0 atom stereocenters. The maximum atomic E-state index is 3.55. The SMILES string of the molecule is CCCCCCNCCCNCCCCNCCCNCCCCC. The topological polar surface area (TPSA) is 48.1 Å². The lowest BCUT2D eigenvalue weighted by atomic mass is 10.2. The van der Waals surface area contributed by atoms with Gasteiger partial charge in [-0.3, -0.25) is 0 Å². The van der Waals surface area contributed by atoms with Crippen LogP contribution >= 0.6 is 0 Å². The van der Waals surface area contributed by atoms with Crippen LogP contribution < -0.4 is 21.3 Å². The molecule has 0 bridgehead atoms. The Kier molecular flexibility index (Phi) is 23.7. The second-order valence-electron chi connectivity index (χ2n) is 7.18. The van der Waals surface area contributed by atoms with Crippen LogP contribution in [0.25, 0.3) is 0 Å². The van der Waals surface area contributed by atoms with E-state index in [1.807, 2.05) is 0 Å². The van der Waals surface area contributed by atoms with Crippen LogP contribution in [-0.2, 0) is 0 Å². The van der Waals surface area contributed by atoms with E-state index in [1.165, 1.54) is 83.7 Å². The van der Waals surface area contributed by atoms with Gasteiger partial charge in [-0.2, -0.15) is 0 Å². The molecule has 0 radical (unpaired) electrons. The van der Waals surface area contributed by atoms with Crippen molar-refractivity contribution in [3.63, 3.8) is 0 Å². The predicted molar refractivity (Wildman–Crippen MR) is 114 cm³/mol. The lowest BCUT2D eigenvalue weighted by molar-refractivity contribution is 0.538. The third-order valence-corrected chi connectivity index (χ3v) is 4.54. The second kappa shape index (κ2) is 23.8. The quantitative estimate of drug-likeness (QED) is 0.224. The van der Waals surface area contributed by atoms with Crippen LogP contribution in [0.15, 0.2) is 0 Å². The fraction of sp³-hybridized carbons (Fsp3) is 1.00. The van der Waals surface area contributed by atoms with Gasteiger partial charge >= 0.3 is 0 Å². The number of hydrogen-bond donors (Lipinski definition) is 4. The summed E-state index contributed by atoms with van der Waals surface area (Å²) >= 11 is 0. The molecule has 0 aliphatic rings. The zero-order valence-electron chi connectivity index (χ0n) is 17.4. The molecule has 25 heavy (non-hydrogen) atoms. The molecule has 0 saturated heterocycles. The monoisotopic (exact) mass is 356 g/mol. The molecule has 0 spiro atoms. The maximum Gasteiger partial charge on any atom is -0.00368 e. The molecular formula is C21H48N4. The summed E-state index contributed by atoms with van der Waals surface area (Å²) in [5.74, 6) is 0. The first kappa shape index (κ1) is 24.8. The van der Waals surface area contributed by atoms with Crippen molar-refractivity contribution in [1.29, 1.82) is 0 Å². The second-order valence-corrected chi connectivity index (χ2v) is 7.18. The van der Waals surface area contributed by atoms with Gasteiger partial charge in [0.25, 0.3) is 0 Å². The minimum atomic E-state index is 1.15. The normalized spacial score (nSPS) is 11.3. The van der Waals surface area contributed by atoms with Crippen molar-refractivity contribution in [3.8, 4) is 0 Å². The van der Waals surface area contributed by atoms with E-state index < -0.39 is 0 Å². The van der Waals surface area contributed by atoms with Crippen LogP contribution in [0.5, 0.6) is 0 Å². The van der Waals surface area contributed by atoms with Crippen LogP contribution in [0, 0.1) is 0 Å². The van der Waals surface area contributed by atoms with Crippen molar-refractivity contribution in [2.24, 2.45) is 0 Å². The Morgan fingerprint density at radius 1 is 0.320 bits per heavy atom. The van der Waals surface area contributed by atoms with E-state index in [2.05, 4.69) is 35.1 Å². The van der Waals surface area contributed by atoms with Gasteiger partial charge in [0.2, 0.25) is 0 Å². The molecule has 4 heteroatoms. The molecule has 4 N–H and O–H groups in total. The molecule has 0 heterocycles. The fourth-order valence-electron chi connectivity index (χ4n) is 2.85. The summed E-state index contributed by atoms with van der Waals surface area (Å²) < 4.78 is 0. The molecule has 0 aliphatic carbocycles. The first-order valence-electron chi connectivity index (χ1n) is 11.2. The number of unbranched alkanes of at least 4 members (excludes halogenated alkanes) is 6. The zero-order chi connectivity index (χ0) is 18.3. The smallest absolute Gasteiger partial charge is 0.00368 e. The lowest BCUT2D eigenvalue weighted by Gasteiger charge is -2.08. The first-order valence-corrected chi connectivity index (χ1v) is 11.2. The molecule has 0 saturated carbocycles. The predicted octanol–water partition coefficient (Wildman–Crippen LogP) is 3.68. The van der Waals surface area contributed by atoms with Crippen LogP contribution in [0.2, 0.25) is 0 Å². The zero-order valence-corrected chi connectivity index (χ0v) is 17.4. The Hall–Kier alpha value is -0.160. The highest BCUT2D eigenvalue weighted by molar-refractivity contribution is 4.56. The van der Waals surface area contributed by atoms with Gasteiger partial charge in [0.05, 0.1) is 0 Å². The van der Waals surface area contributed by atoms with Crippen LogP contribution in [0.3, 0.4) is 0 Å². The molecule has 0 aliphatic heterocycles. The highest BCUT2D eigenvalue weighted by atomic mass is 14.9. The van der Waals surface area contributed by atoms with Gasteiger partial charge in [0.15, 0.2) is 0 Å². The number of hydrogen-bond acceptors (Lipinski definition) is 4. The molecule has 152 valence electrons. The van der Waals surface area contributed by atoms with Gasteiger partial charge in [-0.25, -0.2) is 0 Å². The molecule has 4 nitrogen and oxygen atoms in total. The Bertz CT molecular complexity index is 202. The van der Waals surface area contributed by atoms with Crippen molar-refractivity contribution in [3.05, 3.63) is 0 Å².